The van der Waals surface area contributed by atoms with Crippen LogP contribution in [0.25, 0.3) is 0 Å². The lowest BCUT2D eigenvalue weighted by molar-refractivity contribution is -0.115. The lowest BCUT2D eigenvalue weighted by atomic mass is 10.2. The predicted octanol–water partition coefficient (Wildman–Crippen LogP) is 2.06. The molecule has 0 aliphatic heterocycles. The number of rotatable bonds is 6. The first-order valence-corrected chi connectivity index (χ1v) is 6.86. The van der Waals surface area contributed by atoms with Gasteiger partial charge in [-0.1, -0.05) is 11.6 Å². The van der Waals surface area contributed by atoms with Crippen molar-refractivity contribution in [2.24, 2.45) is 5.92 Å². The minimum atomic E-state index is -0.534. The lowest BCUT2D eigenvalue weighted by Gasteiger charge is -2.10. The molecule has 2 rings (SSSR count). The van der Waals surface area contributed by atoms with E-state index in [1.165, 1.54) is 26.0 Å². The minimum absolute atomic E-state index is 0.196. The Balaban J connectivity index is 1.96. The van der Waals surface area contributed by atoms with Crippen molar-refractivity contribution >= 4 is 29.2 Å². The SMILES string of the molecule is COC(=O)c1cc(Cl)ccc1NC(=O)CNCC1CC1. The van der Waals surface area contributed by atoms with E-state index >= 15 is 0 Å². The van der Waals surface area contributed by atoms with Gasteiger partial charge in [0, 0.05) is 5.02 Å². The minimum Gasteiger partial charge on any atom is -0.465 e. The van der Waals surface area contributed by atoms with Crippen LogP contribution in [0.15, 0.2) is 18.2 Å². The van der Waals surface area contributed by atoms with E-state index in [1.54, 1.807) is 12.1 Å². The van der Waals surface area contributed by atoms with Crippen molar-refractivity contribution in [2.75, 3.05) is 25.5 Å². The molecule has 20 heavy (non-hydrogen) atoms. The number of amides is 1. The van der Waals surface area contributed by atoms with Crippen LogP contribution in [0.1, 0.15) is 23.2 Å². The molecule has 1 aromatic rings. The maximum absolute atomic E-state index is 11.8. The average Bonchev–Trinajstić information content (AvgIpc) is 3.24. The van der Waals surface area contributed by atoms with E-state index in [2.05, 4.69) is 15.4 Å². The number of methoxy groups -OCH3 is 1. The molecule has 1 aromatic carbocycles. The number of benzene rings is 1. The largest absolute Gasteiger partial charge is 0.465 e. The van der Waals surface area contributed by atoms with Crippen LogP contribution in [0.4, 0.5) is 5.69 Å². The van der Waals surface area contributed by atoms with E-state index in [1.807, 2.05) is 0 Å². The van der Waals surface area contributed by atoms with Crippen LogP contribution in [0, 0.1) is 5.92 Å². The highest BCUT2D eigenvalue weighted by atomic mass is 35.5. The van der Waals surface area contributed by atoms with E-state index in [-0.39, 0.29) is 18.0 Å². The third kappa shape index (κ3) is 4.21. The number of carbonyl (C=O) groups excluding carboxylic acids is 2. The number of nitrogens with one attached hydrogen (secondary N) is 2. The number of halogens is 1. The highest BCUT2D eigenvalue weighted by Gasteiger charge is 2.21. The molecular weight excluding hydrogens is 280 g/mol. The summed E-state index contributed by atoms with van der Waals surface area (Å²) < 4.78 is 4.67. The zero-order chi connectivity index (χ0) is 14.5. The van der Waals surface area contributed by atoms with Gasteiger partial charge in [-0.3, -0.25) is 4.79 Å². The van der Waals surface area contributed by atoms with Crippen molar-refractivity contribution < 1.29 is 14.3 Å². The van der Waals surface area contributed by atoms with Crippen LogP contribution in [0.5, 0.6) is 0 Å². The fraction of sp³-hybridized carbons (Fsp3) is 0.429. The van der Waals surface area contributed by atoms with E-state index < -0.39 is 5.97 Å². The summed E-state index contributed by atoms with van der Waals surface area (Å²) in [4.78, 5) is 23.4. The van der Waals surface area contributed by atoms with Crippen molar-refractivity contribution in [2.45, 2.75) is 12.8 Å². The second-order valence-corrected chi connectivity index (χ2v) is 5.24. The quantitative estimate of drug-likeness (QED) is 0.789. The fourth-order valence-corrected chi connectivity index (χ4v) is 1.98. The lowest BCUT2D eigenvalue weighted by Crippen LogP contribution is -2.30. The number of carbonyl (C=O) groups is 2. The van der Waals surface area contributed by atoms with Crippen LogP contribution in [0.3, 0.4) is 0 Å². The normalized spacial score (nSPS) is 13.9. The molecule has 0 saturated heterocycles. The van der Waals surface area contributed by atoms with Crippen molar-refractivity contribution in [3.63, 3.8) is 0 Å². The summed E-state index contributed by atoms with van der Waals surface area (Å²) >= 11 is 5.85. The Morgan fingerprint density at radius 3 is 2.80 bits per heavy atom. The van der Waals surface area contributed by atoms with Crippen molar-refractivity contribution in [1.82, 2.24) is 5.32 Å². The summed E-state index contributed by atoms with van der Waals surface area (Å²) in [6.45, 7) is 1.08. The Labute approximate surface area is 122 Å². The van der Waals surface area contributed by atoms with Gasteiger partial charge in [-0.05, 0) is 43.5 Å². The van der Waals surface area contributed by atoms with Gasteiger partial charge >= 0.3 is 5.97 Å². The summed E-state index contributed by atoms with van der Waals surface area (Å²) in [6, 6.07) is 4.68. The zero-order valence-corrected chi connectivity index (χ0v) is 12.0. The summed E-state index contributed by atoms with van der Waals surface area (Å²) in [6.07, 6.45) is 2.47. The van der Waals surface area contributed by atoms with Crippen molar-refractivity contribution in [3.05, 3.63) is 28.8 Å². The second kappa shape index (κ2) is 6.72. The molecule has 1 amide bonds. The Kier molecular flexibility index (Phi) is 4.98. The molecule has 0 atom stereocenters. The topological polar surface area (TPSA) is 67.4 Å². The molecule has 0 bridgehead atoms. The summed E-state index contributed by atoms with van der Waals surface area (Å²) in [5, 5.41) is 6.19. The van der Waals surface area contributed by atoms with Gasteiger partial charge in [-0.2, -0.15) is 0 Å². The van der Waals surface area contributed by atoms with Crippen molar-refractivity contribution in [3.8, 4) is 0 Å². The number of ether oxygens (including phenoxy) is 1. The van der Waals surface area contributed by atoms with Gasteiger partial charge < -0.3 is 15.4 Å². The molecule has 1 fully saturated rings. The van der Waals surface area contributed by atoms with Crippen molar-refractivity contribution in [1.29, 1.82) is 0 Å². The Morgan fingerprint density at radius 2 is 2.15 bits per heavy atom. The Hall–Kier alpha value is -1.59. The summed E-state index contributed by atoms with van der Waals surface area (Å²) in [7, 11) is 1.28. The van der Waals surface area contributed by atoms with Gasteiger partial charge in [0.05, 0.1) is 24.9 Å². The smallest absolute Gasteiger partial charge is 0.340 e. The molecule has 1 aliphatic carbocycles. The number of hydrogen-bond acceptors (Lipinski definition) is 4. The molecule has 0 aromatic heterocycles. The maximum atomic E-state index is 11.8. The fourth-order valence-electron chi connectivity index (χ4n) is 1.81. The monoisotopic (exact) mass is 296 g/mol. The van der Waals surface area contributed by atoms with Crippen LogP contribution in [-0.2, 0) is 9.53 Å². The third-order valence-electron chi connectivity index (χ3n) is 3.08. The average molecular weight is 297 g/mol. The molecule has 2 N–H and O–H groups in total. The Bertz CT molecular complexity index is 515. The van der Waals surface area contributed by atoms with E-state index in [9.17, 15) is 9.59 Å². The summed E-state index contributed by atoms with van der Waals surface area (Å²) in [5.74, 6) is -0.0178. The molecule has 0 heterocycles. The first-order valence-electron chi connectivity index (χ1n) is 6.48. The highest BCUT2D eigenvalue weighted by molar-refractivity contribution is 6.31. The number of hydrogen-bond donors (Lipinski definition) is 2. The molecule has 0 unspecified atom stereocenters. The molecule has 1 saturated carbocycles. The zero-order valence-electron chi connectivity index (χ0n) is 11.2. The molecule has 5 nitrogen and oxygen atoms in total. The Morgan fingerprint density at radius 1 is 1.40 bits per heavy atom. The predicted molar refractivity (Wildman–Crippen MR) is 77.0 cm³/mol. The van der Waals surface area contributed by atoms with Gasteiger partial charge in [0.15, 0.2) is 0 Å². The number of anilines is 1. The molecule has 0 spiro atoms. The molecule has 0 radical (unpaired) electrons. The van der Waals surface area contributed by atoms with Crippen LogP contribution >= 0.6 is 11.6 Å². The summed E-state index contributed by atoms with van der Waals surface area (Å²) in [5.41, 5.74) is 0.648. The van der Waals surface area contributed by atoms with Gasteiger partial charge in [-0.15, -0.1) is 0 Å². The first-order chi connectivity index (χ1) is 9.60. The van der Waals surface area contributed by atoms with Crippen LogP contribution < -0.4 is 10.6 Å². The van der Waals surface area contributed by atoms with E-state index in [4.69, 9.17) is 11.6 Å². The van der Waals surface area contributed by atoms with Gasteiger partial charge in [0.1, 0.15) is 0 Å². The molecule has 108 valence electrons. The van der Waals surface area contributed by atoms with E-state index in [0.717, 1.165) is 6.54 Å². The molecule has 1 aliphatic rings. The standard InChI is InChI=1S/C14H17ClN2O3/c1-20-14(19)11-6-10(15)4-5-12(11)17-13(18)8-16-7-9-2-3-9/h4-6,9,16H,2-3,7-8H2,1H3,(H,17,18). The van der Waals surface area contributed by atoms with Crippen LogP contribution in [-0.4, -0.2) is 32.1 Å². The van der Waals surface area contributed by atoms with Gasteiger partial charge in [-0.25, -0.2) is 4.79 Å². The highest BCUT2D eigenvalue weighted by Crippen LogP contribution is 2.27. The molecule has 6 heteroatoms. The second-order valence-electron chi connectivity index (χ2n) is 4.80. The first kappa shape index (κ1) is 14.8. The van der Waals surface area contributed by atoms with Gasteiger partial charge in [0.2, 0.25) is 5.91 Å². The molecular formula is C14H17ClN2O3. The van der Waals surface area contributed by atoms with E-state index in [0.29, 0.717) is 16.6 Å². The van der Waals surface area contributed by atoms with Crippen LogP contribution in [0.2, 0.25) is 5.02 Å². The van der Waals surface area contributed by atoms with Gasteiger partial charge in [0.25, 0.3) is 0 Å². The number of esters is 1. The maximum Gasteiger partial charge on any atom is 0.340 e. The third-order valence-corrected chi connectivity index (χ3v) is 3.31.